The Morgan fingerprint density at radius 3 is 2.65 bits per heavy atom. The van der Waals surface area contributed by atoms with Crippen molar-refractivity contribution >= 4 is 35.1 Å². The Kier molecular flexibility index (Phi) is 6.18. The molecule has 1 N–H and O–H groups in total. The molecule has 2 aromatic carbocycles. The number of nitrogens with one attached hydrogen (secondary N) is 1. The van der Waals surface area contributed by atoms with E-state index in [-0.39, 0.29) is 36.6 Å². The highest BCUT2D eigenvalue weighted by molar-refractivity contribution is 6.30. The number of anilines is 2. The van der Waals surface area contributed by atoms with E-state index in [0.29, 0.717) is 24.1 Å². The molecule has 1 aliphatic heterocycles. The smallest absolute Gasteiger partial charge is 0.322 e. The van der Waals surface area contributed by atoms with Crippen molar-refractivity contribution < 1.29 is 18.7 Å². The monoisotopic (exact) mass is 440 g/mol. The van der Waals surface area contributed by atoms with Crippen molar-refractivity contribution in [1.29, 1.82) is 0 Å². The molecule has 0 unspecified atom stereocenters. The van der Waals surface area contributed by atoms with Crippen LogP contribution in [-0.4, -0.2) is 35.2 Å². The first-order valence-electron chi connectivity index (χ1n) is 9.92. The van der Waals surface area contributed by atoms with Crippen LogP contribution in [0, 0.1) is 0 Å². The molecule has 2 amide bonds. The van der Waals surface area contributed by atoms with Crippen molar-refractivity contribution in [3.8, 4) is 5.75 Å². The third-order valence-electron chi connectivity index (χ3n) is 4.90. The van der Waals surface area contributed by atoms with E-state index in [1.807, 2.05) is 31.2 Å². The van der Waals surface area contributed by atoms with Crippen molar-refractivity contribution in [2.75, 3.05) is 23.4 Å². The van der Waals surface area contributed by atoms with E-state index in [0.717, 1.165) is 17.0 Å². The van der Waals surface area contributed by atoms with Crippen molar-refractivity contribution in [3.63, 3.8) is 0 Å². The van der Waals surface area contributed by atoms with Crippen LogP contribution in [-0.2, 0) is 16.0 Å². The number of hydrogen-bond donors (Lipinski definition) is 1. The lowest BCUT2D eigenvalue weighted by Gasteiger charge is -2.16. The lowest BCUT2D eigenvalue weighted by Crippen LogP contribution is -2.24. The number of hydrogen-bond acceptors (Lipinski definition) is 6. The molecule has 3 aromatic rings. The van der Waals surface area contributed by atoms with Crippen LogP contribution in [0.15, 0.2) is 52.9 Å². The van der Waals surface area contributed by atoms with E-state index < -0.39 is 0 Å². The molecular formula is C22H21ClN4O4. The van der Waals surface area contributed by atoms with Gasteiger partial charge in [0.15, 0.2) is 0 Å². The SMILES string of the molecule is CCOc1ccc(N2C[C@@H](c3nnc(NC(=O)Cc4ccc(Cl)cc4)o3)CC2=O)cc1. The first kappa shape index (κ1) is 20.9. The number of benzene rings is 2. The Morgan fingerprint density at radius 2 is 1.94 bits per heavy atom. The number of rotatable bonds is 7. The average Bonchev–Trinajstić information content (AvgIpc) is 3.37. The highest BCUT2D eigenvalue weighted by Crippen LogP contribution is 2.32. The zero-order valence-electron chi connectivity index (χ0n) is 16.9. The molecule has 1 aromatic heterocycles. The second kappa shape index (κ2) is 9.18. The van der Waals surface area contributed by atoms with E-state index in [1.54, 1.807) is 29.2 Å². The number of carbonyl (C=O) groups excluding carboxylic acids is 2. The highest BCUT2D eigenvalue weighted by atomic mass is 35.5. The minimum absolute atomic E-state index is 0.0147. The Labute approximate surface area is 184 Å². The summed E-state index contributed by atoms with van der Waals surface area (Å²) in [6.07, 6.45) is 0.413. The highest BCUT2D eigenvalue weighted by Gasteiger charge is 2.35. The van der Waals surface area contributed by atoms with Crippen molar-refractivity contribution in [2.45, 2.75) is 25.7 Å². The second-order valence-corrected chi connectivity index (χ2v) is 7.57. The van der Waals surface area contributed by atoms with Crippen LogP contribution in [0.1, 0.15) is 30.7 Å². The fraction of sp³-hybridized carbons (Fsp3) is 0.273. The molecule has 0 aliphatic carbocycles. The fourth-order valence-corrected chi connectivity index (χ4v) is 3.54. The van der Waals surface area contributed by atoms with Gasteiger partial charge in [0.25, 0.3) is 0 Å². The van der Waals surface area contributed by atoms with Gasteiger partial charge in [-0.3, -0.25) is 14.9 Å². The van der Waals surface area contributed by atoms with Crippen molar-refractivity contribution in [2.24, 2.45) is 0 Å². The van der Waals surface area contributed by atoms with Gasteiger partial charge in [0.1, 0.15) is 5.75 Å². The van der Waals surface area contributed by atoms with Crippen molar-refractivity contribution in [1.82, 2.24) is 10.2 Å². The van der Waals surface area contributed by atoms with Crippen LogP contribution in [0.4, 0.5) is 11.7 Å². The molecular weight excluding hydrogens is 420 g/mol. The van der Waals surface area contributed by atoms with Gasteiger partial charge in [0.05, 0.1) is 18.9 Å². The third-order valence-corrected chi connectivity index (χ3v) is 5.15. The molecule has 160 valence electrons. The summed E-state index contributed by atoms with van der Waals surface area (Å²) in [7, 11) is 0. The van der Waals surface area contributed by atoms with Gasteiger partial charge in [-0.15, -0.1) is 5.10 Å². The standard InChI is InChI=1S/C22H21ClN4O4/c1-2-30-18-9-7-17(8-10-18)27-13-15(12-20(27)29)21-25-26-22(31-21)24-19(28)11-14-3-5-16(23)6-4-14/h3-10,15H,2,11-13H2,1H3,(H,24,26,28)/t15-/m0/s1. The van der Waals surface area contributed by atoms with Gasteiger partial charge in [0.2, 0.25) is 17.7 Å². The molecule has 4 rings (SSSR count). The van der Waals surface area contributed by atoms with E-state index in [9.17, 15) is 9.59 Å². The zero-order valence-corrected chi connectivity index (χ0v) is 17.6. The third kappa shape index (κ3) is 5.03. The van der Waals surface area contributed by atoms with Crippen LogP contribution in [0.25, 0.3) is 0 Å². The summed E-state index contributed by atoms with van der Waals surface area (Å²) < 4.78 is 11.0. The van der Waals surface area contributed by atoms with Gasteiger partial charge in [-0.1, -0.05) is 28.8 Å². The normalized spacial score (nSPS) is 15.9. The van der Waals surface area contributed by atoms with Gasteiger partial charge >= 0.3 is 6.01 Å². The molecule has 0 spiro atoms. The van der Waals surface area contributed by atoms with Gasteiger partial charge < -0.3 is 14.1 Å². The number of amides is 2. The maximum absolute atomic E-state index is 12.5. The number of carbonyl (C=O) groups is 2. The second-order valence-electron chi connectivity index (χ2n) is 7.13. The molecule has 1 aliphatic rings. The number of halogens is 1. The van der Waals surface area contributed by atoms with Gasteiger partial charge in [-0.2, -0.15) is 0 Å². The average molecular weight is 441 g/mol. The number of aromatic nitrogens is 2. The molecule has 0 radical (unpaired) electrons. The Hall–Kier alpha value is -3.39. The summed E-state index contributed by atoms with van der Waals surface area (Å²) in [6.45, 7) is 2.92. The summed E-state index contributed by atoms with van der Waals surface area (Å²) in [5, 5.41) is 11.1. The molecule has 1 saturated heterocycles. The minimum atomic E-state index is -0.281. The van der Waals surface area contributed by atoms with Crippen molar-refractivity contribution in [3.05, 3.63) is 65.0 Å². The van der Waals surface area contributed by atoms with Crippen LogP contribution in [0.3, 0.4) is 0 Å². The fourth-order valence-electron chi connectivity index (χ4n) is 3.41. The molecule has 2 heterocycles. The summed E-state index contributed by atoms with van der Waals surface area (Å²) in [5.74, 6) is 0.527. The van der Waals surface area contributed by atoms with Gasteiger partial charge in [-0.25, -0.2) is 0 Å². The first-order chi connectivity index (χ1) is 15.0. The summed E-state index contributed by atoms with van der Waals surface area (Å²) in [4.78, 5) is 26.4. The topological polar surface area (TPSA) is 97.6 Å². The Morgan fingerprint density at radius 1 is 1.19 bits per heavy atom. The zero-order chi connectivity index (χ0) is 21.8. The summed E-state index contributed by atoms with van der Waals surface area (Å²) in [5.41, 5.74) is 1.60. The maximum Gasteiger partial charge on any atom is 0.322 e. The lowest BCUT2D eigenvalue weighted by atomic mass is 10.1. The summed E-state index contributed by atoms with van der Waals surface area (Å²) >= 11 is 5.86. The molecule has 1 atom stereocenters. The van der Waals surface area contributed by atoms with E-state index in [2.05, 4.69) is 15.5 Å². The molecule has 0 saturated carbocycles. The minimum Gasteiger partial charge on any atom is -0.494 e. The van der Waals surface area contributed by atoms with Crippen LogP contribution in [0.5, 0.6) is 5.75 Å². The lowest BCUT2D eigenvalue weighted by molar-refractivity contribution is -0.117. The van der Waals surface area contributed by atoms with E-state index in [1.165, 1.54) is 0 Å². The van der Waals surface area contributed by atoms with Gasteiger partial charge in [-0.05, 0) is 48.9 Å². The van der Waals surface area contributed by atoms with E-state index in [4.69, 9.17) is 20.8 Å². The molecule has 9 heteroatoms. The Balaban J connectivity index is 1.37. The quantitative estimate of drug-likeness (QED) is 0.599. The Bertz CT molecular complexity index is 1070. The summed E-state index contributed by atoms with van der Waals surface area (Å²) in [6, 6.07) is 14.4. The van der Waals surface area contributed by atoms with Crippen LogP contribution >= 0.6 is 11.6 Å². The first-order valence-corrected chi connectivity index (χ1v) is 10.3. The predicted octanol–water partition coefficient (Wildman–Crippen LogP) is 3.82. The maximum atomic E-state index is 12.5. The molecule has 0 bridgehead atoms. The number of nitrogens with zero attached hydrogens (tertiary/aromatic N) is 3. The van der Waals surface area contributed by atoms with E-state index >= 15 is 0 Å². The molecule has 8 nitrogen and oxygen atoms in total. The largest absolute Gasteiger partial charge is 0.494 e. The van der Waals surface area contributed by atoms with Crippen LogP contribution < -0.4 is 15.0 Å². The molecule has 31 heavy (non-hydrogen) atoms. The predicted molar refractivity (Wildman–Crippen MR) is 115 cm³/mol. The van der Waals surface area contributed by atoms with Gasteiger partial charge in [0, 0.05) is 23.7 Å². The van der Waals surface area contributed by atoms with Crippen LogP contribution in [0.2, 0.25) is 5.02 Å². The molecule has 1 fully saturated rings. The number of ether oxygens (including phenoxy) is 1.